The molecule has 3 rings (SSSR count). The zero-order valence-corrected chi connectivity index (χ0v) is 13.4. The van der Waals surface area contributed by atoms with E-state index in [2.05, 4.69) is 25.6 Å². The maximum atomic E-state index is 12.1. The first kappa shape index (κ1) is 15.9. The molecule has 0 saturated carbocycles. The van der Waals surface area contributed by atoms with Crippen LogP contribution in [0.1, 0.15) is 15.9 Å². The highest BCUT2D eigenvalue weighted by Crippen LogP contribution is 2.22. The molecule has 0 unspecified atom stereocenters. The third-order valence-electron chi connectivity index (χ3n) is 3.24. The average molecular weight is 340 g/mol. The molecule has 0 aliphatic carbocycles. The third kappa shape index (κ3) is 4.05. The number of para-hydroxylation sites is 1. The van der Waals surface area contributed by atoms with Gasteiger partial charge in [-0.3, -0.25) is 9.78 Å². The molecule has 2 heterocycles. The molecule has 24 heavy (non-hydrogen) atoms. The quantitative estimate of drug-likeness (QED) is 0.746. The van der Waals surface area contributed by atoms with Gasteiger partial charge >= 0.3 is 0 Å². The standard InChI is InChI=1S/C17H14ClN5O/c18-14-3-1-2-4-15(14)23-17-21-10-13(11-22-17)16(24)20-9-12-5-7-19-8-6-12/h1-8,10-11H,9H2,(H,20,24)(H,21,22,23). The van der Waals surface area contributed by atoms with Crippen LogP contribution < -0.4 is 10.6 Å². The lowest BCUT2D eigenvalue weighted by Crippen LogP contribution is -2.23. The van der Waals surface area contributed by atoms with E-state index in [1.165, 1.54) is 12.4 Å². The first-order chi connectivity index (χ1) is 11.7. The molecule has 2 aromatic heterocycles. The van der Waals surface area contributed by atoms with Crippen LogP contribution in [0.4, 0.5) is 11.6 Å². The molecular weight excluding hydrogens is 326 g/mol. The van der Waals surface area contributed by atoms with Crippen molar-refractivity contribution in [2.75, 3.05) is 5.32 Å². The summed E-state index contributed by atoms with van der Waals surface area (Å²) >= 11 is 6.07. The van der Waals surface area contributed by atoms with Crippen LogP contribution in [0.15, 0.2) is 61.2 Å². The Balaban J connectivity index is 1.61. The molecule has 1 aromatic carbocycles. The van der Waals surface area contributed by atoms with E-state index in [4.69, 9.17) is 11.6 Å². The van der Waals surface area contributed by atoms with E-state index < -0.39 is 0 Å². The summed E-state index contributed by atoms with van der Waals surface area (Å²) < 4.78 is 0. The maximum Gasteiger partial charge on any atom is 0.254 e. The molecule has 2 N–H and O–H groups in total. The van der Waals surface area contributed by atoms with E-state index in [1.807, 2.05) is 30.3 Å². The van der Waals surface area contributed by atoms with Gasteiger partial charge in [0, 0.05) is 31.3 Å². The van der Waals surface area contributed by atoms with Gasteiger partial charge in [-0.1, -0.05) is 23.7 Å². The van der Waals surface area contributed by atoms with Crippen molar-refractivity contribution >= 4 is 29.1 Å². The van der Waals surface area contributed by atoms with Gasteiger partial charge in [-0.25, -0.2) is 9.97 Å². The molecule has 0 fully saturated rings. The van der Waals surface area contributed by atoms with Crippen LogP contribution in [0, 0.1) is 0 Å². The first-order valence-corrected chi connectivity index (χ1v) is 7.61. The minimum atomic E-state index is -0.240. The van der Waals surface area contributed by atoms with Gasteiger partial charge in [0.05, 0.1) is 16.3 Å². The number of hydrogen-bond acceptors (Lipinski definition) is 5. The number of nitrogens with zero attached hydrogens (tertiary/aromatic N) is 3. The Morgan fingerprint density at radius 3 is 2.46 bits per heavy atom. The maximum absolute atomic E-state index is 12.1. The van der Waals surface area contributed by atoms with Crippen molar-refractivity contribution in [3.05, 3.63) is 77.3 Å². The van der Waals surface area contributed by atoms with Crippen molar-refractivity contribution in [1.29, 1.82) is 0 Å². The summed E-state index contributed by atoms with van der Waals surface area (Å²) in [5.74, 6) is 0.130. The Morgan fingerprint density at radius 2 is 1.75 bits per heavy atom. The van der Waals surface area contributed by atoms with Crippen LogP contribution in [0.3, 0.4) is 0 Å². The van der Waals surface area contributed by atoms with Gasteiger partial charge < -0.3 is 10.6 Å². The van der Waals surface area contributed by atoms with Crippen LogP contribution >= 0.6 is 11.6 Å². The highest BCUT2D eigenvalue weighted by Gasteiger charge is 2.08. The normalized spacial score (nSPS) is 10.2. The molecule has 0 aliphatic heterocycles. The monoisotopic (exact) mass is 339 g/mol. The SMILES string of the molecule is O=C(NCc1ccncc1)c1cnc(Nc2ccccc2Cl)nc1. The molecule has 0 bridgehead atoms. The Kier molecular flexibility index (Phi) is 4.98. The lowest BCUT2D eigenvalue weighted by Gasteiger charge is -2.07. The third-order valence-corrected chi connectivity index (χ3v) is 3.57. The molecule has 120 valence electrons. The van der Waals surface area contributed by atoms with Crippen LogP contribution in [0.2, 0.25) is 5.02 Å². The van der Waals surface area contributed by atoms with E-state index in [0.717, 1.165) is 5.56 Å². The summed E-state index contributed by atoms with van der Waals surface area (Å²) in [5.41, 5.74) is 2.05. The molecule has 6 nitrogen and oxygen atoms in total. The molecule has 0 atom stereocenters. The number of rotatable bonds is 5. The number of halogens is 1. The first-order valence-electron chi connectivity index (χ1n) is 7.23. The molecule has 0 spiro atoms. The van der Waals surface area contributed by atoms with Crippen molar-refractivity contribution < 1.29 is 4.79 Å². The lowest BCUT2D eigenvalue weighted by molar-refractivity contribution is 0.0950. The minimum Gasteiger partial charge on any atom is -0.348 e. The molecular formula is C17H14ClN5O. The smallest absolute Gasteiger partial charge is 0.254 e. The summed E-state index contributed by atoms with van der Waals surface area (Å²) in [4.78, 5) is 24.3. The summed E-state index contributed by atoms with van der Waals surface area (Å²) in [7, 11) is 0. The number of pyridine rings is 1. The molecule has 0 radical (unpaired) electrons. The van der Waals surface area contributed by atoms with Gasteiger partial charge in [0.15, 0.2) is 0 Å². The van der Waals surface area contributed by atoms with E-state index in [9.17, 15) is 4.79 Å². The number of amides is 1. The number of anilines is 2. The molecule has 7 heteroatoms. The number of carbonyl (C=O) groups excluding carboxylic acids is 1. The Labute approximate surface area is 143 Å². The Morgan fingerprint density at radius 1 is 1.04 bits per heavy atom. The average Bonchev–Trinajstić information content (AvgIpc) is 2.63. The highest BCUT2D eigenvalue weighted by atomic mass is 35.5. The van der Waals surface area contributed by atoms with Gasteiger partial charge in [-0.15, -0.1) is 0 Å². The zero-order valence-electron chi connectivity index (χ0n) is 12.6. The second kappa shape index (κ2) is 7.52. The summed E-state index contributed by atoms with van der Waals surface area (Å²) in [5, 5.41) is 6.38. The van der Waals surface area contributed by atoms with E-state index in [0.29, 0.717) is 28.8 Å². The predicted octanol–water partition coefficient (Wildman–Crippen LogP) is 3.20. The summed E-state index contributed by atoms with van der Waals surface area (Å²) in [6, 6.07) is 11.0. The molecule has 0 saturated heterocycles. The zero-order chi connectivity index (χ0) is 16.8. The van der Waals surface area contributed by atoms with Crippen molar-refractivity contribution in [2.45, 2.75) is 6.54 Å². The fraction of sp³-hybridized carbons (Fsp3) is 0.0588. The Bertz CT molecular complexity index is 824. The van der Waals surface area contributed by atoms with Crippen molar-refractivity contribution in [3.8, 4) is 0 Å². The predicted molar refractivity (Wildman–Crippen MR) is 92.2 cm³/mol. The van der Waals surface area contributed by atoms with Crippen molar-refractivity contribution in [3.63, 3.8) is 0 Å². The van der Waals surface area contributed by atoms with Crippen LogP contribution in [0.25, 0.3) is 0 Å². The van der Waals surface area contributed by atoms with Gasteiger partial charge in [0.25, 0.3) is 5.91 Å². The molecule has 0 aliphatic rings. The van der Waals surface area contributed by atoms with Gasteiger partial charge in [0.1, 0.15) is 0 Å². The largest absolute Gasteiger partial charge is 0.348 e. The second-order valence-electron chi connectivity index (χ2n) is 4.94. The Hall–Kier alpha value is -2.99. The highest BCUT2D eigenvalue weighted by molar-refractivity contribution is 6.33. The number of carbonyl (C=O) groups is 1. The summed E-state index contributed by atoms with van der Waals surface area (Å²) in [6.07, 6.45) is 6.29. The number of nitrogens with one attached hydrogen (secondary N) is 2. The molecule has 1 amide bonds. The minimum absolute atomic E-state index is 0.240. The van der Waals surface area contributed by atoms with Crippen LogP contribution in [0.5, 0.6) is 0 Å². The fourth-order valence-electron chi connectivity index (χ4n) is 1.98. The van der Waals surface area contributed by atoms with Gasteiger partial charge in [-0.2, -0.15) is 0 Å². The van der Waals surface area contributed by atoms with Crippen molar-refractivity contribution in [1.82, 2.24) is 20.3 Å². The van der Waals surface area contributed by atoms with E-state index >= 15 is 0 Å². The number of aromatic nitrogens is 3. The topological polar surface area (TPSA) is 79.8 Å². The molecule has 3 aromatic rings. The van der Waals surface area contributed by atoms with Gasteiger partial charge in [0.2, 0.25) is 5.95 Å². The number of benzene rings is 1. The van der Waals surface area contributed by atoms with E-state index in [1.54, 1.807) is 18.5 Å². The van der Waals surface area contributed by atoms with Gasteiger partial charge in [-0.05, 0) is 29.8 Å². The number of hydrogen-bond donors (Lipinski definition) is 2. The second-order valence-corrected chi connectivity index (χ2v) is 5.35. The summed E-state index contributed by atoms with van der Waals surface area (Å²) in [6.45, 7) is 0.418. The van der Waals surface area contributed by atoms with Crippen LogP contribution in [-0.4, -0.2) is 20.9 Å². The van der Waals surface area contributed by atoms with E-state index in [-0.39, 0.29) is 5.91 Å². The lowest BCUT2D eigenvalue weighted by atomic mass is 10.2. The van der Waals surface area contributed by atoms with Crippen LogP contribution in [-0.2, 0) is 6.54 Å². The van der Waals surface area contributed by atoms with Crippen molar-refractivity contribution in [2.24, 2.45) is 0 Å². The fourth-order valence-corrected chi connectivity index (χ4v) is 2.16.